The van der Waals surface area contributed by atoms with Gasteiger partial charge in [-0.2, -0.15) is 12.7 Å². The van der Waals surface area contributed by atoms with Crippen molar-refractivity contribution in [3.8, 4) is 5.75 Å². The first-order chi connectivity index (χ1) is 14.5. The minimum atomic E-state index is -4.31. The Hall–Kier alpha value is -2.70. The van der Waals surface area contributed by atoms with Crippen LogP contribution in [-0.4, -0.2) is 57.5 Å². The van der Waals surface area contributed by atoms with E-state index in [0.717, 1.165) is 0 Å². The lowest BCUT2D eigenvalue weighted by molar-refractivity contribution is -0.117. The van der Waals surface area contributed by atoms with Gasteiger partial charge >= 0.3 is 10.2 Å². The van der Waals surface area contributed by atoms with Crippen molar-refractivity contribution in [2.75, 3.05) is 29.7 Å². The highest BCUT2D eigenvalue weighted by Gasteiger charge is 2.38. The maximum Gasteiger partial charge on any atom is 0.326 e. The summed E-state index contributed by atoms with van der Waals surface area (Å²) in [6.07, 6.45) is 2.25. The number of hydrogen-bond acceptors (Lipinski definition) is 6. The molecule has 0 unspecified atom stereocenters. The van der Waals surface area contributed by atoms with Crippen LogP contribution in [-0.2, 0) is 25.0 Å². The molecule has 2 aliphatic heterocycles. The zero-order valence-corrected chi connectivity index (χ0v) is 18.1. The number of anilines is 1. The summed E-state index contributed by atoms with van der Waals surface area (Å²) < 4.78 is 67.8. The summed E-state index contributed by atoms with van der Waals surface area (Å²) in [6, 6.07) is 5.94. The molecule has 0 bridgehead atoms. The maximum atomic E-state index is 15.4. The highest BCUT2D eigenvalue weighted by atomic mass is 32.2. The van der Waals surface area contributed by atoms with E-state index in [0.29, 0.717) is 27.2 Å². The van der Waals surface area contributed by atoms with Crippen molar-refractivity contribution in [1.82, 2.24) is 9.03 Å². The molecule has 2 aromatic rings. The minimum absolute atomic E-state index is 0.0376. The average Bonchev–Trinajstić information content (AvgIpc) is 3.27. The SMILES string of the molecule is CCCS(=O)(=O)N1CC=C(c2ccc3cc(O)c(N4CC(=O)NS4(=O)=O)c(F)c3c2)C1. The van der Waals surface area contributed by atoms with Gasteiger partial charge in [0.2, 0.25) is 10.0 Å². The standard InChI is InChI=1S/C19H20FN3O6S2/c1-2-7-30(26,27)22-6-5-14(10-22)12-3-4-13-9-16(24)19(18(20)15(13)8-12)23-11-17(25)21-31(23,28)29/h3-5,8-9,24H,2,6-7,10-11H2,1H3,(H,21,25). The molecule has 12 heteroatoms. The normalized spacial score (nSPS) is 19.1. The lowest BCUT2D eigenvalue weighted by Gasteiger charge is -2.19. The van der Waals surface area contributed by atoms with Gasteiger partial charge < -0.3 is 5.11 Å². The number of carbonyl (C=O) groups excluding carboxylic acids is 1. The van der Waals surface area contributed by atoms with Crippen LogP contribution in [0.15, 0.2) is 30.3 Å². The third-order valence-corrected chi connectivity index (χ3v) is 8.58. The number of amides is 1. The van der Waals surface area contributed by atoms with Gasteiger partial charge in [-0.15, -0.1) is 0 Å². The number of aromatic hydroxyl groups is 1. The summed E-state index contributed by atoms with van der Waals surface area (Å²) in [4.78, 5) is 11.5. The summed E-state index contributed by atoms with van der Waals surface area (Å²) in [7, 11) is -7.69. The number of hydrogen-bond donors (Lipinski definition) is 2. The molecule has 2 aliphatic rings. The Bertz CT molecular complexity index is 1340. The molecule has 1 saturated heterocycles. The van der Waals surface area contributed by atoms with E-state index in [4.69, 9.17) is 0 Å². The molecule has 2 aromatic carbocycles. The second-order valence-corrected chi connectivity index (χ2v) is 11.1. The number of halogens is 1. The van der Waals surface area contributed by atoms with Crippen LogP contribution >= 0.6 is 0 Å². The molecule has 2 N–H and O–H groups in total. The summed E-state index contributed by atoms with van der Waals surface area (Å²) in [5.41, 5.74) is 0.660. The van der Waals surface area contributed by atoms with Crippen molar-refractivity contribution in [3.63, 3.8) is 0 Å². The van der Waals surface area contributed by atoms with E-state index in [1.807, 2.05) is 0 Å². The monoisotopic (exact) mass is 469 g/mol. The third kappa shape index (κ3) is 3.75. The molecule has 0 aliphatic carbocycles. The second kappa shape index (κ2) is 7.46. The molecule has 0 aromatic heterocycles. The van der Waals surface area contributed by atoms with Crippen LogP contribution in [0.4, 0.5) is 10.1 Å². The summed E-state index contributed by atoms with van der Waals surface area (Å²) in [5, 5.41) is 10.6. The van der Waals surface area contributed by atoms with Crippen LogP contribution < -0.4 is 9.03 Å². The zero-order chi connectivity index (χ0) is 22.6. The lowest BCUT2D eigenvalue weighted by atomic mass is 10.0. The number of nitrogens with one attached hydrogen (secondary N) is 1. The molecule has 0 radical (unpaired) electrons. The molecule has 166 valence electrons. The molecule has 2 heterocycles. The molecule has 9 nitrogen and oxygen atoms in total. The minimum Gasteiger partial charge on any atom is -0.506 e. The number of sulfonamides is 1. The van der Waals surface area contributed by atoms with Gasteiger partial charge in [0.15, 0.2) is 5.82 Å². The smallest absolute Gasteiger partial charge is 0.326 e. The van der Waals surface area contributed by atoms with Crippen LogP contribution in [0.25, 0.3) is 16.3 Å². The average molecular weight is 470 g/mol. The summed E-state index contributed by atoms with van der Waals surface area (Å²) >= 11 is 0. The molecule has 1 amide bonds. The highest BCUT2D eigenvalue weighted by Crippen LogP contribution is 2.39. The van der Waals surface area contributed by atoms with Gasteiger partial charge in [0.25, 0.3) is 5.91 Å². The van der Waals surface area contributed by atoms with Gasteiger partial charge in [-0.25, -0.2) is 21.8 Å². The number of benzene rings is 2. The molecule has 4 rings (SSSR count). The van der Waals surface area contributed by atoms with Gasteiger partial charge in [-0.3, -0.25) is 4.79 Å². The van der Waals surface area contributed by atoms with Gasteiger partial charge in [-0.05, 0) is 35.1 Å². The van der Waals surface area contributed by atoms with Crippen LogP contribution in [0.3, 0.4) is 0 Å². The number of nitrogens with zero attached hydrogens (tertiary/aromatic N) is 2. The third-order valence-electron chi connectivity index (χ3n) is 5.22. The van der Waals surface area contributed by atoms with Crippen molar-refractivity contribution in [2.24, 2.45) is 0 Å². The van der Waals surface area contributed by atoms with E-state index in [1.165, 1.54) is 16.4 Å². The first-order valence-corrected chi connectivity index (χ1v) is 12.5. The predicted octanol–water partition coefficient (Wildman–Crippen LogP) is 1.30. The number of fused-ring (bicyclic) bond motifs is 1. The molecular formula is C19H20FN3O6S2. The largest absolute Gasteiger partial charge is 0.506 e. The van der Waals surface area contributed by atoms with E-state index in [9.17, 15) is 26.7 Å². The first kappa shape index (κ1) is 21.5. The Morgan fingerprint density at radius 2 is 1.97 bits per heavy atom. The number of phenols is 1. The molecule has 0 spiro atoms. The zero-order valence-electron chi connectivity index (χ0n) is 16.5. The fourth-order valence-corrected chi connectivity index (χ4v) is 6.33. The topological polar surface area (TPSA) is 124 Å². The van der Waals surface area contributed by atoms with Gasteiger partial charge in [0.05, 0.1) is 5.75 Å². The molecule has 1 fully saturated rings. The number of carbonyl (C=O) groups is 1. The number of rotatable bonds is 5. The fraction of sp³-hybridized carbons (Fsp3) is 0.316. The Morgan fingerprint density at radius 3 is 2.61 bits per heavy atom. The molecular weight excluding hydrogens is 449 g/mol. The summed E-state index contributed by atoms with van der Waals surface area (Å²) in [6.45, 7) is 1.51. The Morgan fingerprint density at radius 1 is 1.23 bits per heavy atom. The highest BCUT2D eigenvalue weighted by molar-refractivity contribution is 7.92. The van der Waals surface area contributed by atoms with E-state index < -0.39 is 49.9 Å². The Balaban J connectivity index is 1.74. The quantitative estimate of drug-likeness (QED) is 0.680. The first-order valence-electron chi connectivity index (χ1n) is 9.49. The van der Waals surface area contributed by atoms with Crippen molar-refractivity contribution in [1.29, 1.82) is 0 Å². The maximum absolute atomic E-state index is 15.4. The predicted molar refractivity (Wildman–Crippen MR) is 114 cm³/mol. The van der Waals surface area contributed by atoms with Gasteiger partial charge in [0.1, 0.15) is 18.0 Å². The fourth-order valence-electron chi connectivity index (χ4n) is 3.75. The van der Waals surface area contributed by atoms with Crippen molar-refractivity contribution in [2.45, 2.75) is 13.3 Å². The Labute approximate surface area is 179 Å². The lowest BCUT2D eigenvalue weighted by Crippen LogP contribution is -2.31. The Kier molecular flexibility index (Phi) is 5.18. The van der Waals surface area contributed by atoms with E-state index >= 15 is 4.39 Å². The van der Waals surface area contributed by atoms with Crippen LogP contribution in [0.2, 0.25) is 0 Å². The second-order valence-electron chi connectivity index (χ2n) is 7.37. The summed E-state index contributed by atoms with van der Waals surface area (Å²) in [5.74, 6) is -2.40. The van der Waals surface area contributed by atoms with E-state index in [2.05, 4.69) is 0 Å². The van der Waals surface area contributed by atoms with Crippen molar-refractivity contribution in [3.05, 3.63) is 41.7 Å². The van der Waals surface area contributed by atoms with E-state index in [1.54, 1.807) is 29.9 Å². The van der Waals surface area contributed by atoms with Crippen molar-refractivity contribution >= 4 is 48.2 Å². The number of phenolic OH excluding ortho intramolecular Hbond substituents is 1. The molecule has 0 saturated carbocycles. The van der Waals surface area contributed by atoms with Gasteiger partial charge in [0, 0.05) is 18.5 Å². The van der Waals surface area contributed by atoms with Crippen molar-refractivity contribution < 1.29 is 31.1 Å². The van der Waals surface area contributed by atoms with Crippen LogP contribution in [0.5, 0.6) is 5.75 Å². The van der Waals surface area contributed by atoms with E-state index in [-0.39, 0.29) is 24.2 Å². The van der Waals surface area contributed by atoms with Crippen LogP contribution in [0.1, 0.15) is 18.9 Å². The van der Waals surface area contributed by atoms with Gasteiger partial charge in [-0.1, -0.05) is 25.1 Å². The van der Waals surface area contributed by atoms with Crippen LogP contribution in [0, 0.1) is 5.82 Å². The molecule has 0 atom stereocenters. The molecule has 31 heavy (non-hydrogen) atoms.